The van der Waals surface area contributed by atoms with Crippen LogP contribution in [-0.4, -0.2) is 12.1 Å². The zero-order valence-corrected chi connectivity index (χ0v) is 11.9. The Bertz CT molecular complexity index is 577. The van der Waals surface area contributed by atoms with E-state index in [1.807, 2.05) is 12.1 Å². The first-order valence-corrected chi connectivity index (χ1v) is 6.30. The van der Waals surface area contributed by atoms with Crippen LogP contribution in [0.1, 0.15) is 0 Å². The molecule has 2 aromatic rings. The van der Waals surface area contributed by atoms with Gasteiger partial charge in [-0.2, -0.15) is 4.98 Å². The first-order valence-electron chi connectivity index (χ1n) is 5.12. The lowest BCUT2D eigenvalue weighted by molar-refractivity contribution is 0.401. The Labute approximate surface area is 118 Å². The molecule has 2 rings (SSSR count). The Morgan fingerprint density at radius 2 is 2.11 bits per heavy atom. The third-order valence-electron chi connectivity index (χ3n) is 2.27. The molecule has 0 saturated heterocycles. The van der Waals surface area contributed by atoms with Gasteiger partial charge in [0.15, 0.2) is 0 Å². The fraction of sp³-hybridized carbons (Fsp3) is 0.0833. The average Bonchev–Trinajstić information content (AvgIpc) is 2.36. The summed E-state index contributed by atoms with van der Waals surface area (Å²) in [4.78, 5) is 4.22. The van der Waals surface area contributed by atoms with Crippen LogP contribution in [-0.2, 0) is 0 Å². The number of nitrogens with zero attached hydrogens (tertiary/aromatic N) is 1. The molecule has 0 bridgehead atoms. The van der Waals surface area contributed by atoms with Crippen molar-refractivity contribution >= 4 is 44.7 Å². The molecule has 4 nitrogen and oxygen atoms in total. The van der Waals surface area contributed by atoms with Gasteiger partial charge in [-0.05, 0) is 30.3 Å². The highest BCUT2D eigenvalue weighted by Gasteiger charge is 2.06. The van der Waals surface area contributed by atoms with Crippen LogP contribution in [0.2, 0.25) is 5.02 Å². The van der Waals surface area contributed by atoms with Crippen molar-refractivity contribution in [2.45, 2.75) is 0 Å². The van der Waals surface area contributed by atoms with Crippen LogP contribution in [0.15, 0.2) is 34.8 Å². The van der Waals surface area contributed by atoms with Crippen molar-refractivity contribution in [2.24, 2.45) is 0 Å². The second kappa shape index (κ2) is 5.46. The molecule has 1 heterocycles. The molecule has 0 atom stereocenters. The number of pyridine rings is 1. The highest BCUT2D eigenvalue weighted by molar-refractivity contribution is 9.10. The molecular weight excluding hydrogens is 318 g/mol. The number of hydrogen-bond acceptors (Lipinski definition) is 4. The highest BCUT2D eigenvalue weighted by atomic mass is 79.9. The largest absolute Gasteiger partial charge is 0.479 e. The summed E-state index contributed by atoms with van der Waals surface area (Å²) < 4.78 is 5.99. The van der Waals surface area contributed by atoms with Crippen LogP contribution in [0.25, 0.3) is 0 Å². The van der Waals surface area contributed by atoms with E-state index >= 15 is 0 Å². The lowest BCUT2D eigenvalue weighted by atomic mass is 10.3. The molecule has 0 aliphatic rings. The number of rotatable bonds is 3. The molecule has 0 fully saturated rings. The number of nitrogens with one attached hydrogen (secondary N) is 1. The third-order valence-corrected chi connectivity index (χ3v) is 3.10. The predicted octanol–water partition coefficient (Wildman–Crippen LogP) is 3.83. The SMILES string of the molecule is COc1nc(Nc2cc(Br)ccc2Cl)ccc1N. The Morgan fingerprint density at radius 1 is 1.33 bits per heavy atom. The van der Waals surface area contributed by atoms with Gasteiger partial charge in [0.25, 0.3) is 0 Å². The van der Waals surface area contributed by atoms with Crippen molar-refractivity contribution in [3.63, 3.8) is 0 Å². The lowest BCUT2D eigenvalue weighted by Gasteiger charge is -2.10. The summed E-state index contributed by atoms with van der Waals surface area (Å²) in [6, 6.07) is 9.01. The minimum Gasteiger partial charge on any atom is -0.479 e. The molecular formula is C12H11BrClN3O. The zero-order chi connectivity index (χ0) is 13.1. The number of nitrogens with two attached hydrogens (primary N) is 1. The van der Waals surface area contributed by atoms with Gasteiger partial charge in [-0.25, -0.2) is 0 Å². The molecule has 1 aromatic carbocycles. The van der Waals surface area contributed by atoms with E-state index in [0.29, 0.717) is 22.4 Å². The van der Waals surface area contributed by atoms with Crippen LogP contribution in [0.4, 0.5) is 17.2 Å². The Hall–Kier alpha value is -1.46. The van der Waals surface area contributed by atoms with Gasteiger partial charge >= 0.3 is 0 Å². The Kier molecular flexibility index (Phi) is 3.93. The second-order valence-corrected chi connectivity index (χ2v) is 4.87. The number of aromatic nitrogens is 1. The second-order valence-electron chi connectivity index (χ2n) is 3.54. The van der Waals surface area contributed by atoms with Crippen molar-refractivity contribution in [2.75, 3.05) is 18.2 Å². The first-order chi connectivity index (χ1) is 8.60. The van der Waals surface area contributed by atoms with Gasteiger partial charge in [0.1, 0.15) is 5.82 Å². The molecule has 0 aliphatic heterocycles. The van der Waals surface area contributed by atoms with Crippen molar-refractivity contribution in [3.05, 3.63) is 39.8 Å². The number of ether oxygens (including phenoxy) is 1. The number of anilines is 3. The topological polar surface area (TPSA) is 60.2 Å². The quantitative estimate of drug-likeness (QED) is 0.899. The number of halogens is 2. The Morgan fingerprint density at radius 3 is 2.83 bits per heavy atom. The molecule has 0 radical (unpaired) electrons. The fourth-order valence-electron chi connectivity index (χ4n) is 1.42. The normalized spacial score (nSPS) is 10.2. The molecule has 6 heteroatoms. The third kappa shape index (κ3) is 2.86. The summed E-state index contributed by atoms with van der Waals surface area (Å²) in [6.07, 6.45) is 0. The van der Waals surface area contributed by atoms with E-state index in [1.165, 1.54) is 7.11 Å². The summed E-state index contributed by atoms with van der Waals surface area (Å²) in [5, 5.41) is 3.71. The molecule has 18 heavy (non-hydrogen) atoms. The van der Waals surface area contributed by atoms with Crippen LogP contribution < -0.4 is 15.8 Å². The smallest absolute Gasteiger partial charge is 0.238 e. The Balaban J connectivity index is 2.31. The van der Waals surface area contributed by atoms with Crippen molar-refractivity contribution < 1.29 is 4.74 Å². The van der Waals surface area contributed by atoms with E-state index in [2.05, 4.69) is 26.2 Å². The van der Waals surface area contributed by atoms with E-state index in [4.69, 9.17) is 22.1 Å². The van der Waals surface area contributed by atoms with Crippen molar-refractivity contribution in [3.8, 4) is 5.88 Å². The minimum atomic E-state index is 0.381. The van der Waals surface area contributed by atoms with E-state index in [9.17, 15) is 0 Å². The van der Waals surface area contributed by atoms with E-state index in [1.54, 1.807) is 18.2 Å². The van der Waals surface area contributed by atoms with Crippen molar-refractivity contribution in [1.82, 2.24) is 4.98 Å². The van der Waals surface area contributed by atoms with Gasteiger partial charge in [-0.15, -0.1) is 0 Å². The van der Waals surface area contributed by atoms with Crippen LogP contribution >= 0.6 is 27.5 Å². The van der Waals surface area contributed by atoms with Crippen LogP contribution in [0.5, 0.6) is 5.88 Å². The molecule has 0 saturated carbocycles. The summed E-state index contributed by atoms with van der Waals surface area (Å²) in [5.74, 6) is 0.993. The van der Waals surface area contributed by atoms with Gasteiger partial charge in [-0.1, -0.05) is 27.5 Å². The monoisotopic (exact) mass is 327 g/mol. The van der Waals surface area contributed by atoms with Gasteiger partial charge in [0.2, 0.25) is 5.88 Å². The average molecular weight is 329 g/mol. The summed E-state index contributed by atoms with van der Waals surface area (Å²) in [6.45, 7) is 0. The predicted molar refractivity (Wildman–Crippen MR) is 77.6 cm³/mol. The van der Waals surface area contributed by atoms with Gasteiger partial charge in [0.05, 0.1) is 23.5 Å². The summed E-state index contributed by atoms with van der Waals surface area (Å²) in [7, 11) is 1.52. The van der Waals surface area contributed by atoms with Gasteiger partial charge in [0, 0.05) is 4.47 Å². The van der Waals surface area contributed by atoms with E-state index in [-0.39, 0.29) is 0 Å². The molecule has 3 N–H and O–H groups in total. The number of methoxy groups -OCH3 is 1. The first kappa shape index (κ1) is 13.0. The minimum absolute atomic E-state index is 0.381. The van der Waals surface area contributed by atoms with Gasteiger partial charge in [-0.3, -0.25) is 0 Å². The fourth-order valence-corrected chi connectivity index (χ4v) is 1.94. The molecule has 0 amide bonds. The zero-order valence-electron chi connectivity index (χ0n) is 9.58. The molecule has 94 valence electrons. The lowest BCUT2D eigenvalue weighted by Crippen LogP contribution is -1.99. The number of nitrogen functional groups attached to an aromatic ring is 1. The summed E-state index contributed by atoms with van der Waals surface area (Å²) in [5.41, 5.74) is 6.94. The van der Waals surface area contributed by atoms with Crippen LogP contribution in [0.3, 0.4) is 0 Å². The molecule has 0 unspecified atom stereocenters. The highest BCUT2D eigenvalue weighted by Crippen LogP contribution is 2.29. The van der Waals surface area contributed by atoms with Crippen molar-refractivity contribution in [1.29, 1.82) is 0 Å². The van der Waals surface area contributed by atoms with Gasteiger partial charge < -0.3 is 15.8 Å². The molecule has 0 spiro atoms. The van der Waals surface area contributed by atoms with E-state index < -0.39 is 0 Å². The van der Waals surface area contributed by atoms with Crippen LogP contribution in [0, 0.1) is 0 Å². The molecule has 1 aromatic heterocycles. The molecule has 0 aliphatic carbocycles. The maximum absolute atomic E-state index is 6.08. The number of hydrogen-bond donors (Lipinski definition) is 2. The summed E-state index contributed by atoms with van der Waals surface area (Å²) >= 11 is 9.47. The number of benzene rings is 1. The maximum Gasteiger partial charge on any atom is 0.238 e. The maximum atomic E-state index is 6.08. The standard InChI is InChI=1S/C12H11BrClN3O/c1-18-12-9(15)4-5-11(17-12)16-10-6-7(13)2-3-8(10)14/h2-6H,15H2,1H3,(H,16,17). The van der Waals surface area contributed by atoms with E-state index in [0.717, 1.165) is 10.2 Å².